The quantitative estimate of drug-likeness (QED) is 0.854. The van der Waals surface area contributed by atoms with Crippen molar-refractivity contribution in [1.29, 1.82) is 0 Å². The van der Waals surface area contributed by atoms with Gasteiger partial charge in [0.05, 0.1) is 13.2 Å². The number of morpholine rings is 1. The number of halogens is 2. The van der Waals surface area contributed by atoms with Crippen molar-refractivity contribution in [2.75, 3.05) is 26.4 Å². The van der Waals surface area contributed by atoms with Gasteiger partial charge in [-0.15, -0.1) is 0 Å². The topological polar surface area (TPSA) is 59.0 Å². The predicted molar refractivity (Wildman–Crippen MR) is 64.2 cm³/mol. The maximum absolute atomic E-state index is 13.9. The van der Waals surface area contributed by atoms with Crippen molar-refractivity contribution in [2.24, 2.45) is 0 Å². The van der Waals surface area contributed by atoms with E-state index < -0.39 is 36.7 Å². The van der Waals surface area contributed by atoms with E-state index in [4.69, 9.17) is 14.6 Å². The number of nitrogens with zero attached hydrogens (tertiary/aromatic N) is 1. The summed E-state index contributed by atoms with van der Waals surface area (Å²) in [6, 6.07) is -1.40. The van der Waals surface area contributed by atoms with Gasteiger partial charge in [-0.2, -0.15) is 0 Å². The maximum Gasteiger partial charge on any atom is 0.410 e. The smallest absolute Gasteiger partial charge is 0.410 e. The minimum Gasteiger partial charge on any atom is -0.444 e. The molecule has 112 valence electrons. The van der Waals surface area contributed by atoms with Crippen molar-refractivity contribution >= 4 is 6.09 Å². The predicted octanol–water partition coefficient (Wildman–Crippen LogP) is 1.64. The third kappa shape index (κ3) is 4.58. The summed E-state index contributed by atoms with van der Waals surface area (Å²) in [5, 5.41) is 8.69. The lowest BCUT2D eigenvalue weighted by Crippen LogP contribution is -2.58. The fourth-order valence-electron chi connectivity index (χ4n) is 1.81. The molecule has 0 aromatic rings. The van der Waals surface area contributed by atoms with E-state index >= 15 is 0 Å². The van der Waals surface area contributed by atoms with Gasteiger partial charge in [-0.25, -0.2) is 13.6 Å². The van der Waals surface area contributed by atoms with Crippen molar-refractivity contribution in [3.63, 3.8) is 0 Å². The Morgan fingerprint density at radius 2 is 2.11 bits per heavy atom. The zero-order valence-corrected chi connectivity index (χ0v) is 11.5. The van der Waals surface area contributed by atoms with Crippen LogP contribution in [0.15, 0.2) is 0 Å². The van der Waals surface area contributed by atoms with Crippen molar-refractivity contribution in [3.8, 4) is 0 Å². The summed E-state index contributed by atoms with van der Waals surface area (Å²) >= 11 is 0. The van der Waals surface area contributed by atoms with Crippen LogP contribution in [0.5, 0.6) is 0 Å². The number of ether oxygens (including phenoxy) is 2. The molecule has 0 saturated carbocycles. The second kappa shape index (κ2) is 6.00. The van der Waals surface area contributed by atoms with Crippen LogP contribution in [-0.2, 0) is 9.47 Å². The maximum atomic E-state index is 13.9. The normalized spacial score (nSPS) is 21.4. The fraction of sp³-hybridized carbons (Fsp3) is 0.917. The highest BCUT2D eigenvalue weighted by Crippen LogP contribution is 2.30. The number of hydrogen-bond donors (Lipinski definition) is 1. The number of carbonyl (C=O) groups excluding carboxylic acids is 1. The highest BCUT2D eigenvalue weighted by atomic mass is 19.3. The SMILES string of the molecule is CC(C)(C)OC(=O)N1CCOCC1C(F)(F)CCO. The molecule has 0 aliphatic carbocycles. The molecule has 0 spiro atoms. The molecule has 1 rings (SSSR count). The van der Waals surface area contributed by atoms with Gasteiger partial charge in [0.1, 0.15) is 11.6 Å². The first kappa shape index (κ1) is 16.1. The van der Waals surface area contributed by atoms with Crippen LogP contribution >= 0.6 is 0 Å². The lowest BCUT2D eigenvalue weighted by molar-refractivity contribution is -0.139. The van der Waals surface area contributed by atoms with Gasteiger partial charge in [0.25, 0.3) is 5.92 Å². The van der Waals surface area contributed by atoms with Gasteiger partial charge in [-0.05, 0) is 20.8 Å². The molecule has 1 heterocycles. The Balaban J connectivity index is 2.80. The Hall–Kier alpha value is -0.950. The number of hydrogen-bond acceptors (Lipinski definition) is 4. The summed E-state index contributed by atoms with van der Waals surface area (Å²) in [5.41, 5.74) is -0.744. The zero-order valence-electron chi connectivity index (χ0n) is 11.5. The second-order valence-corrected chi connectivity index (χ2v) is 5.50. The lowest BCUT2D eigenvalue weighted by Gasteiger charge is -2.40. The minimum atomic E-state index is -3.20. The molecule has 1 amide bonds. The Labute approximate surface area is 111 Å². The van der Waals surface area contributed by atoms with Crippen LogP contribution in [0.3, 0.4) is 0 Å². The molecular formula is C12H21F2NO4. The van der Waals surface area contributed by atoms with E-state index in [9.17, 15) is 13.6 Å². The first-order valence-corrected chi connectivity index (χ1v) is 6.23. The van der Waals surface area contributed by atoms with Crippen LogP contribution in [0.4, 0.5) is 13.6 Å². The molecule has 7 heteroatoms. The van der Waals surface area contributed by atoms with Crippen LogP contribution in [-0.4, -0.2) is 60.0 Å². The number of alkyl halides is 2. The van der Waals surface area contributed by atoms with E-state index in [1.54, 1.807) is 20.8 Å². The molecule has 1 aliphatic rings. The molecule has 1 saturated heterocycles. The summed E-state index contributed by atoms with van der Waals surface area (Å²) in [4.78, 5) is 12.9. The van der Waals surface area contributed by atoms with Crippen molar-refractivity contribution in [2.45, 2.75) is 44.8 Å². The Bertz CT molecular complexity index is 317. The molecule has 1 atom stereocenters. The van der Waals surface area contributed by atoms with Gasteiger partial charge >= 0.3 is 6.09 Å². The molecule has 0 bridgehead atoms. The molecular weight excluding hydrogens is 260 g/mol. The highest BCUT2D eigenvalue weighted by Gasteiger charge is 2.47. The van der Waals surface area contributed by atoms with Crippen molar-refractivity contribution in [3.05, 3.63) is 0 Å². The monoisotopic (exact) mass is 281 g/mol. The molecule has 1 N–H and O–H groups in total. The van der Waals surface area contributed by atoms with E-state index in [-0.39, 0.29) is 19.8 Å². The average Bonchev–Trinajstić information content (AvgIpc) is 2.26. The van der Waals surface area contributed by atoms with E-state index in [1.807, 2.05) is 0 Å². The number of aliphatic hydroxyl groups is 1. The molecule has 0 aromatic heterocycles. The number of carbonyl (C=O) groups is 1. The third-order valence-electron chi connectivity index (χ3n) is 2.69. The summed E-state index contributed by atoms with van der Waals surface area (Å²) < 4.78 is 37.9. The van der Waals surface area contributed by atoms with Gasteiger partial charge in [-0.3, -0.25) is 4.90 Å². The highest BCUT2D eigenvalue weighted by molar-refractivity contribution is 5.68. The number of amides is 1. The van der Waals surface area contributed by atoms with E-state index in [0.717, 1.165) is 4.90 Å². The number of aliphatic hydroxyl groups excluding tert-OH is 1. The Morgan fingerprint density at radius 3 is 2.63 bits per heavy atom. The van der Waals surface area contributed by atoms with E-state index in [2.05, 4.69) is 0 Å². The molecule has 1 aliphatic heterocycles. The fourth-order valence-corrected chi connectivity index (χ4v) is 1.81. The molecule has 0 radical (unpaired) electrons. The van der Waals surface area contributed by atoms with E-state index in [0.29, 0.717) is 0 Å². The molecule has 1 fully saturated rings. The second-order valence-electron chi connectivity index (χ2n) is 5.50. The van der Waals surface area contributed by atoms with Crippen molar-refractivity contribution in [1.82, 2.24) is 4.90 Å². The van der Waals surface area contributed by atoms with Gasteiger partial charge < -0.3 is 14.6 Å². The van der Waals surface area contributed by atoms with Gasteiger partial charge in [0, 0.05) is 19.6 Å². The average molecular weight is 281 g/mol. The lowest BCUT2D eigenvalue weighted by atomic mass is 10.1. The van der Waals surface area contributed by atoms with Crippen LogP contribution in [0.1, 0.15) is 27.2 Å². The first-order valence-electron chi connectivity index (χ1n) is 6.23. The summed E-state index contributed by atoms with van der Waals surface area (Å²) in [6.45, 7) is 4.37. The van der Waals surface area contributed by atoms with Crippen LogP contribution in [0, 0.1) is 0 Å². The number of rotatable bonds is 3. The van der Waals surface area contributed by atoms with Crippen LogP contribution in [0.25, 0.3) is 0 Å². The van der Waals surface area contributed by atoms with Gasteiger partial charge in [-0.1, -0.05) is 0 Å². The Kier molecular flexibility index (Phi) is 5.09. The van der Waals surface area contributed by atoms with Gasteiger partial charge in [0.2, 0.25) is 0 Å². The van der Waals surface area contributed by atoms with Crippen molar-refractivity contribution < 1.29 is 28.2 Å². The molecule has 5 nitrogen and oxygen atoms in total. The van der Waals surface area contributed by atoms with Gasteiger partial charge in [0.15, 0.2) is 0 Å². The summed E-state index contributed by atoms with van der Waals surface area (Å²) in [6.07, 6.45) is -1.49. The first-order chi connectivity index (χ1) is 8.67. The third-order valence-corrected chi connectivity index (χ3v) is 2.69. The summed E-state index contributed by atoms with van der Waals surface area (Å²) in [7, 11) is 0. The minimum absolute atomic E-state index is 0.0561. The molecule has 0 aromatic carbocycles. The Morgan fingerprint density at radius 1 is 1.47 bits per heavy atom. The van der Waals surface area contributed by atoms with E-state index in [1.165, 1.54) is 0 Å². The largest absolute Gasteiger partial charge is 0.444 e. The van der Waals surface area contributed by atoms with Crippen LogP contribution in [0.2, 0.25) is 0 Å². The standard InChI is InChI=1S/C12H21F2NO4/c1-11(2,3)19-10(17)15-5-7-18-8-9(15)12(13,14)4-6-16/h9,16H,4-8H2,1-3H3. The van der Waals surface area contributed by atoms with Crippen LogP contribution < -0.4 is 0 Å². The zero-order chi connectivity index (χ0) is 14.7. The molecule has 1 unspecified atom stereocenters. The molecule has 19 heavy (non-hydrogen) atoms. The summed E-state index contributed by atoms with van der Waals surface area (Å²) in [5.74, 6) is -3.20.